The first-order chi connectivity index (χ1) is 23.4. The van der Waals surface area contributed by atoms with Crippen molar-refractivity contribution in [3.8, 4) is 17.2 Å². The van der Waals surface area contributed by atoms with Crippen molar-refractivity contribution in [2.24, 2.45) is 5.92 Å². The molecule has 7 rings (SSSR count). The number of hydrogen-bond acceptors (Lipinski definition) is 6. The molecule has 1 N–H and O–H groups in total. The van der Waals surface area contributed by atoms with Crippen LogP contribution in [-0.4, -0.2) is 77.7 Å². The van der Waals surface area contributed by atoms with E-state index in [1.54, 1.807) is 13.2 Å². The number of halogens is 3. The second-order valence-corrected chi connectivity index (χ2v) is 14.3. The molecular weight excluding hydrogens is 633 g/mol. The number of carbonyl (C=O) groups is 1. The molecule has 2 heterocycles. The van der Waals surface area contributed by atoms with Gasteiger partial charge in [-0.3, -0.25) is 9.69 Å². The van der Waals surface area contributed by atoms with Gasteiger partial charge in [0.1, 0.15) is 11.9 Å². The summed E-state index contributed by atoms with van der Waals surface area (Å²) in [5, 5.41) is 13.0. The summed E-state index contributed by atoms with van der Waals surface area (Å²) in [6, 6.07) is 19.6. The van der Waals surface area contributed by atoms with Gasteiger partial charge in [0, 0.05) is 30.8 Å². The largest absolute Gasteiger partial charge is 0.573 e. The summed E-state index contributed by atoms with van der Waals surface area (Å²) in [7, 11) is 1.62. The molecule has 3 aromatic carbocycles. The lowest BCUT2D eigenvalue weighted by atomic mass is 9.48. The van der Waals surface area contributed by atoms with Gasteiger partial charge in [-0.05, 0) is 85.5 Å². The molecule has 1 saturated heterocycles. The average Bonchev–Trinajstić information content (AvgIpc) is 3.41. The van der Waals surface area contributed by atoms with E-state index < -0.39 is 23.5 Å². The summed E-state index contributed by atoms with van der Waals surface area (Å²) in [5.41, 5.74) is 2.05. The van der Waals surface area contributed by atoms with Crippen LogP contribution in [0.4, 0.5) is 13.2 Å². The highest BCUT2D eigenvalue weighted by Gasteiger charge is 2.73. The van der Waals surface area contributed by atoms with E-state index in [2.05, 4.69) is 40.0 Å². The van der Waals surface area contributed by atoms with Crippen LogP contribution in [0.5, 0.6) is 17.2 Å². The Morgan fingerprint density at radius 1 is 1.12 bits per heavy atom. The summed E-state index contributed by atoms with van der Waals surface area (Å²) >= 11 is 0. The Morgan fingerprint density at radius 2 is 1.92 bits per heavy atom. The molecule has 5 atom stereocenters. The SMILES string of the molecule is COc1ccc2c3c1O[C@H]1[C@@H](N(CC(C)C)C(=O)C=Cc4cccc(OC(F)(F)F)c4)CC[C@@]4(O)[C@@H](C2)N(CCc2ccccc2)CC[C@]314. The number of likely N-dealkylation sites (tertiary alicyclic amines) is 1. The summed E-state index contributed by atoms with van der Waals surface area (Å²) in [4.78, 5) is 18.4. The van der Waals surface area contributed by atoms with E-state index in [-0.39, 0.29) is 29.7 Å². The standard InChI is InChI=1S/C39H43F3N2O5/c1-25(2)24-44(33(45)15-12-27-10-7-11-29(22-27)49-39(40,41)42)30-16-18-38(46)32-23-28-13-14-31(47-3)35-34(28)37(38,36(30)48-35)19-21-43(32)20-17-26-8-5-4-6-9-26/h4-15,22,25,30,32,36,46H,16-21,23-24H2,1-3H3/t30-,32+,36-,37-,38+/m0/s1. The molecule has 1 spiro atoms. The highest BCUT2D eigenvalue weighted by atomic mass is 19.4. The van der Waals surface area contributed by atoms with E-state index >= 15 is 0 Å². The Kier molecular flexibility index (Phi) is 8.68. The van der Waals surface area contributed by atoms with E-state index in [0.717, 1.165) is 30.6 Å². The number of methoxy groups -OCH3 is 1. The number of ether oxygens (including phenoxy) is 3. The van der Waals surface area contributed by atoms with Crippen LogP contribution in [0.3, 0.4) is 0 Å². The fourth-order valence-electron chi connectivity index (χ4n) is 9.12. The van der Waals surface area contributed by atoms with Gasteiger partial charge in [-0.2, -0.15) is 0 Å². The predicted molar refractivity (Wildman–Crippen MR) is 180 cm³/mol. The van der Waals surface area contributed by atoms with Gasteiger partial charge in [-0.25, -0.2) is 0 Å². The Labute approximate surface area is 285 Å². The van der Waals surface area contributed by atoms with Crippen molar-refractivity contribution in [3.63, 3.8) is 0 Å². The van der Waals surface area contributed by atoms with Crippen molar-refractivity contribution in [2.45, 2.75) is 81.5 Å². The van der Waals surface area contributed by atoms with Crippen molar-refractivity contribution in [2.75, 3.05) is 26.7 Å². The molecule has 2 fully saturated rings. The minimum Gasteiger partial charge on any atom is -0.493 e. The first-order valence-corrected chi connectivity index (χ1v) is 17.2. The molecule has 10 heteroatoms. The number of amides is 1. The second-order valence-electron chi connectivity index (χ2n) is 14.3. The van der Waals surface area contributed by atoms with Crippen LogP contribution >= 0.6 is 0 Å². The number of hydrogen-bond donors (Lipinski definition) is 1. The lowest BCUT2D eigenvalue weighted by molar-refractivity contribution is -0.274. The molecule has 2 aliphatic heterocycles. The highest BCUT2D eigenvalue weighted by molar-refractivity contribution is 5.92. The van der Waals surface area contributed by atoms with Crippen LogP contribution in [-0.2, 0) is 23.1 Å². The number of alkyl halides is 3. The first kappa shape index (κ1) is 33.5. The Hall–Kier alpha value is -4.02. The zero-order valence-electron chi connectivity index (χ0n) is 28.1. The number of aliphatic hydroxyl groups is 1. The molecule has 2 aliphatic carbocycles. The zero-order chi connectivity index (χ0) is 34.6. The van der Waals surface area contributed by atoms with Crippen molar-refractivity contribution in [3.05, 3.63) is 95.1 Å². The first-order valence-electron chi connectivity index (χ1n) is 17.2. The zero-order valence-corrected chi connectivity index (χ0v) is 28.1. The van der Waals surface area contributed by atoms with E-state index in [1.165, 1.54) is 35.9 Å². The molecule has 1 saturated carbocycles. The third-order valence-electron chi connectivity index (χ3n) is 11.0. The van der Waals surface area contributed by atoms with Gasteiger partial charge in [0.25, 0.3) is 0 Å². The molecule has 3 aromatic rings. The van der Waals surface area contributed by atoms with Crippen molar-refractivity contribution >= 4 is 12.0 Å². The topological polar surface area (TPSA) is 71.5 Å². The quantitative estimate of drug-likeness (QED) is 0.246. The normalized spacial score (nSPS) is 27.1. The smallest absolute Gasteiger partial charge is 0.493 e. The van der Waals surface area contributed by atoms with Gasteiger partial charge in [0.2, 0.25) is 5.91 Å². The fourth-order valence-corrected chi connectivity index (χ4v) is 9.12. The van der Waals surface area contributed by atoms with Crippen LogP contribution in [0, 0.1) is 5.92 Å². The molecule has 2 bridgehead atoms. The van der Waals surface area contributed by atoms with Crippen molar-refractivity contribution in [1.29, 1.82) is 0 Å². The molecule has 0 radical (unpaired) electrons. The maximum absolute atomic E-state index is 14.1. The van der Waals surface area contributed by atoms with Crippen molar-refractivity contribution in [1.82, 2.24) is 9.80 Å². The van der Waals surface area contributed by atoms with Gasteiger partial charge in [-0.15, -0.1) is 13.2 Å². The van der Waals surface area contributed by atoms with Gasteiger partial charge in [-0.1, -0.05) is 62.4 Å². The van der Waals surface area contributed by atoms with E-state index in [4.69, 9.17) is 9.47 Å². The maximum Gasteiger partial charge on any atom is 0.573 e. The molecule has 4 aliphatic rings. The lowest BCUT2D eigenvalue weighted by Gasteiger charge is -2.65. The van der Waals surface area contributed by atoms with Gasteiger partial charge in [0.05, 0.1) is 24.2 Å². The Bertz CT molecular complexity index is 1730. The lowest BCUT2D eigenvalue weighted by Crippen LogP contribution is -2.78. The average molecular weight is 677 g/mol. The number of nitrogens with zero attached hydrogens (tertiary/aromatic N) is 2. The fraction of sp³-hybridized carbons (Fsp3) is 0.462. The van der Waals surface area contributed by atoms with Crippen LogP contribution in [0.25, 0.3) is 6.08 Å². The van der Waals surface area contributed by atoms with E-state index in [1.807, 2.05) is 30.9 Å². The van der Waals surface area contributed by atoms with Gasteiger partial charge >= 0.3 is 6.36 Å². The minimum atomic E-state index is -4.81. The number of carbonyl (C=O) groups excluding carboxylic acids is 1. The Morgan fingerprint density at radius 3 is 2.65 bits per heavy atom. The van der Waals surface area contributed by atoms with E-state index in [9.17, 15) is 23.1 Å². The number of benzene rings is 3. The summed E-state index contributed by atoms with van der Waals surface area (Å²) in [5.74, 6) is 0.807. The number of piperidine rings is 1. The third-order valence-corrected chi connectivity index (χ3v) is 11.0. The highest BCUT2D eigenvalue weighted by Crippen LogP contribution is 2.66. The van der Waals surface area contributed by atoms with E-state index in [0.29, 0.717) is 49.3 Å². The van der Waals surface area contributed by atoms with Crippen LogP contribution < -0.4 is 14.2 Å². The Balaban J connectivity index is 1.22. The van der Waals surface area contributed by atoms with Crippen LogP contribution in [0.15, 0.2) is 72.8 Å². The second kappa shape index (κ2) is 12.7. The summed E-state index contributed by atoms with van der Waals surface area (Å²) in [6.45, 7) is 6.17. The molecule has 0 unspecified atom stereocenters. The maximum atomic E-state index is 14.1. The molecule has 260 valence electrons. The molecule has 1 amide bonds. The van der Waals surface area contributed by atoms with Gasteiger partial charge in [0.15, 0.2) is 11.5 Å². The van der Waals surface area contributed by atoms with Crippen LogP contribution in [0.1, 0.15) is 55.4 Å². The number of rotatable bonds is 10. The van der Waals surface area contributed by atoms with Crippen molar-refractivity contribution < 1.29 is 37.3 Å². The van der Waals surface area contributed by atoms with Gasteiger partial charge < -0.3 is 24.2 Å². The predicted octanol–water partition coefficient (Wildman–Crippen LogP) is 6.56. The summed E-state index contributed by atoms with van der Waals surface area (Å²) < 4.78 is 55.3. The molecule has 7 nitrogen and oxygen atoms in total. The minimum absolute atomic E-state index is 0.107. The molecular formula is C39H43F3N2O5. The third kappa shape index (κ3) is 5.86. The molecule has 49 heavy (non-hydrogen) atoms. The van der Waals surface area contributed by atoms with Crippen LogP contribution in [0.2, 0.25) is 0 Å². The monoisotopic (exact) mass is 676 g/mol. The summed E-state index contributed by atoms with van der Waals surface area (Å²) in [6.07, 6.45) is 0.922. The molecule has 0 aromatic heterocycles.